The van der Waals surface area contributed by atoms with E-state index in [1.165, 1.54) is 0 Å². The van der Waals surface area contributed by atoms with E-state index in [1.807, 2.05) is 33.1 Å². The number of carboxylic acid groups (broad SMARTS) is 1. The van der Waals surface area contributed by atoms with Crippen LogP contribution in [0.5, 0.6) is 0 Å². The van der Waals surface area contributed by atoms with Crippen molar-refractivity contribution in [1.82, 2.24) is 4.90 Å². The first-order valence-corrected chi connectivity index (χ1v) is 13.8. The summed E-state index contributed by atoms with van der Waals surface area (Å²) in [5.41, 5.74) is -1.02. The van der Waals surface area contributed by atoms with E-state index < -0.39 is 35.2 Å². The second kappa shape index (κ2) is 21.5. The van der Waals surface area contributed by atoms with Gasteiger partial charge in [0.25, 0.3) is 0 Å². The van der Waals surface area contributed by atoms with Crippen LogP contribution in [-0.2, 0) is 23.9 Å². The standard InChI is InChI=1S/C36H38N2O6/c1-9-11-12-13-14-15-16-17-18-19-20-21-22-23-25-38(7,8)26-28-43-34(41)31(3)29-32(33(39)40)30-36(4,10-2)35(42)44-27-24-37(5)6/h1,31-32H,10,24,26-30H2,2-8H3. The Morgan fingerprint density at radius 2 is 1.36 bits per heavy atom. The van der Waals surface area contributed by atoms with Crippen molar-refractivity contribution in [2.75, 3.05) is 54.5 Å². The second-order valence-corrected chi connectivity index (χ2v) is 10.7. The van der Waals surface area contributed by atoms with E-state index >= 15 is 0 Å². The molecule has 0 N–H and O–H groups in total. The van der Waals surface area contributed by atoms with Crippen molar-refractivity contribution in [3.63, 3.8) is 0 Å². The van der Waals surface area contributed by atoms with Crippen molar-refractivity contribution in [2.45, 2.75) is 40.0 Å². The maximum atomic E-state index is 12.7. The summed E-state index contributed by atoms with van der Waals surface area (Å²) >= 11 is 0. The first-order chi connectivity index (χ1) is 20.8. The highest BCUT2D eigenvalue weighted by Crippen LogP contribution is 2.34. The lowest BCUT2D eigenvalue weighted by Crippen LogP contribution is -2.41. The zero-order valence-electron chi connectivity index (χ0n) is 26.5. The molecule has 8 nitrogen and oxygen atoms in total. The second-order valence-electron chi connectivity index (χ2n) is 10.7. The van der Waals surface area contributed by atoms with Gasteiger partial charge >= 0.3 is 11.9 Å². The molecule has 0 aliphatic heterocycles. The Kier molecular flexibility index (Phi) is 19.0. The van der Waals surface area contributed by atoms with Crippen molar-refractivity contribution < 1.29 is 33.4 Å². The van der Waals surface area contributed by atoms with Crippen molar-refractivity contribution in [1.29, 1.82) is 0 Å². The zero-order valence-corrected chi connectivity index (χ0v) is 26.5. The number of hydrogen-bond acceptors (Lipinski definition) is 7. The molecule has 0 fully saturated rings. The van der Waals surface area contributed by atoms with E-state index in [0.29, 0.717) is 19.5 Å². The van der Waals surface area contributed by atoms with Crippen LogP contribution in [0.2, 0.25) is 0 Å². The van der Waals surface area contributed by atoms with Gasteiger partial charge in [0.05, 0.1) is 31.3 Å². The Morgan fingerprint density at radius 1 is 0.864 bits per heavy atom. The Hall–Kier alpha value is -5.19. The molecule has 0 aromatic heterocycles. The van der Waals surface area contributed by atoms with Gasteiger partial charge in [-0.2, -0.15) is 0 Å². The van der Waals surface area contributed by atoms with E-state index in [-0.39, 0.29) is 30.5 Å². The smallest absolute Gasteiger partial charge is 0.311 e. The molecule has 0 saturated heterocycles. The third-order valence-corrected chi connectivity index (χ3v) is 6.19. The molecule has 0 aliphatic rings. The Balaban J connectivity index is 4.93. The molecule has 8 heteroatoms. The number of hydrogen-bond donors (Lipinski definition) is 0. The summed E-state index contributed by atoms with van der Waals surface area (Å²) in [6.45, 7) is 6.26. The summed E-state index contributed by atoms with van der Waals surface area (Å²) in [6, 6.07) is 2.94. The van der Waals surface area contributed by atoms with Gasteiger partial charge in [0, 0.05) is 54.0 Å². The maximum Gasteiger partial charge on any atom is 0.311 e. The van der Waals surface area contributed by atoms with Gasteiger partial charge in [-0.3, -0.25) is 9.59 Å². The number of carbonyl (C=O) groups excluding carboxylic acids is 3. The molecule has 0 spiro atoms. The fourth-order valence-electron chi connectivity index (χ4n) is 3.33. The van der Waals surface area contributed by atoms with Crippen LogP contribution in [0.15, 0.2) is 0 Å². The molecule has 0 amide bonds. The number of terminal acetylenes is 1. The molecule has 0 heterocycles. The number of carboxylic acids is 1. The monoisotopic (exact) mass is 594 g/mol. The number of likely N-dealkylation sites (N-methyl/N-ethyl adjacent to an activating group) is 2. The van der Waals surface area contributed by atoms with Gasteiger partial charge < -0.3 is 24.3 Å². The van der Waals surface area contributed by atoms with E-state index in [9.17, 15) is 19.5 Å². The summed E-state index contributed by atoms with van der Waals surface area (Å²) in [4.78, 5) is 39.1. The number of carbonyl (C=O) groups is 3. The predicted octanol–water partition coefficient (Wildman–Crippen LogP) is 0.524. The molecule has 0 saturated carbocycles. The third kappa shape index (κ3) is 18.3. The minimum atomic E-state index is -1.32. The topological polar surface area (TPSA) is 96.0 Å². The minimum Gasteiger partial charge on any atom is -0.550 e. The highest BCUT2D eigenvalue weighted by Gasteiger charge is 2.37. The maximum absolute atomic E-state index is 12.7. The summed E-state index contributed by atoms with van der Waals surface area (Å²) < 4.78 is 11.0. The molecule has 0 rings (SSSR count). The predicted molar refractivity (Wildman–Crippen MR) is 166 cm³/mol. The molecule has 44 heavy (non-hydrogen) atoms. The van der Waals surface area contributed by atoms with Gasteiger partial charge in [0.15, 0.2) is 6.04 Å². The Labute approximate surface area is 263 Å². The van der Waals surface area contributed by atoms with Crippen LogP contribution < -0.4 is 5.11 Å². The summed E-state index contributed by atoms with van der Waals surface area (Å²) in [5, 5.41) is 11.9. The molecule has 0 aromatic carbocycles. The minimum absolute atomic E-state index is 0.00469. The quantitative estimate of drug-likeness (QED) is 0.165. The lowest BCUT2D eigenvalue weighted by molar-refractivity contribution is -0.822. The normalized spacial score (nSPS) is 11.9. The summed E-state index contributed by atoms with van der Waals surface area (Å²) in [7, 11) is 7.35. The lowest BCUT2D eigenvalue weighted by Gasteiger charge is -2.32. The molecule has 0 aromatic rings. The average Bonchev–Trinajstić information content (AvgIpc) is 2.96. The van der Waals surface area contributed by atoms with Crippen LogP contribution in [-0.4, -0.2) is 81.8 Å². The van der Waals surface area contributed by atoms with Crippen LogP contribution in [0.3, 0.4) is 0 Å². The van der Waals surface area contributed by atoms with Gasteiger partial charge in [-0.05, 0) is 81.7 Å². The number of quaternary nitrogens is 1. The average molecular weight is 595 g/mol. The van der Waals surface area contributed by atoms with E-state index in [2.05, 4.69) is 88.9 Å². The molecule has 0 aliphatic carbocycles. The molecule has 3 atom stereocenters. The van der Waals surface area contributed by atoms with Crippen LogP contribution in [0.1, 0.15) is 40.0 Å². The Bertz CT molecular complexity index is 1520. The molecule has 228 valence electrons. The third-order valence-electron chi connectivity index (χ3n) is 6.19. The summed E-state index contributed by atoms with van der Waals surface area (Å²) in [6.07, 6.45) is 5.31. The van der Waals surface area contributed by atoms with E-state index in [1.54, 1.807) is 20.8 Å². The first kappa shape index (κ1) is 38.8. The number of esters is 2. The van der Waals surface area contributed by atoms with Gasteiger partial charge in [0.1, 0.15) is 19.8 Å². The molecule has 0 bridgehead atoms. The highest BCUT2D eigenvalue weighted by atomic mass is 16.5. The fourth-order valence-corrected chi connectivity index (χ4v) is 3.33. The molecular formula is C36H38N2O6. The van der Waals surface area contributed by atoms with Crippen LogP contribution in [0.4, 0.5) is 0 Å². The molecule has 0 radical (unpaired) electrons. The van der Waals surface area contributed by atoms with Crippen molar-refractivity contribution in [2.24, 2.45) is 17.3 Å². The SMILES string of the molecule is C#CC#CC#CC#CC#CC#CC#CC#C[N+](C)(C)CCOC(=O)C(C)CC(CC(C)(CC)C(=O)OCCN(C)C)C(=O)[O-]. The van der Waals surface area contributed by atoms with Crippen molar-refractivity contribution in [3.8, 4) is 95.4 Å². The van der Waals surface area contributed by atoms with E-state index in [0.717, 1.165) is 0 Å². The van der Waals surface area contributed by atoms with Crippen LogP contribution >= 0.6 is 0 Å². The van der Waals surface area contributed by atoms with Gasteiger partial charge in [-0.1, -0.05) is 13.8 Å². The Morgan fingerprint density at radius 3 is 1.82 bits per heavy atom. The van der Waals surface area contributed by atoms with Crippen molar-refractivity contribution in [3.05, 3.63) is 0 Å². The largest absolute Gasteiger partial charge is 0.550 e. The van der Waals surface area contributed by atoms with Crippen LogP contribution in [0.25, 0.3) is 0 Å². The van der Waals surface area contributed by atoms with Gasteiger partial charge in [0.2, 0.25) is 0 Å². The number of ether oxygens (including phenoxy) is 2. The summed E-state index contributed by atoms with van der Waals surface area (Å²) in [5.74, 6) is 30.6. The van der Waals surface area contributed by atoms with Gasteiger partial charge in [-0.25, -0.2) is 4.48 Å². The zero-order chi connectivity index (χ0) is 33.4. The lowest BCUT2D eigenvalue weighted by atomic mass is 9.76. The molecular weight excluding hydrogens is 556 g/mol. The number of rotatable bonds is 14. The van der Waals surface area contributed by atoms with Crippen LogP contribution in [0, 0.1) is 113 Å². The van der Waals surface area contributed by atoms with Crippen molar-refractivity contribution >= 4 is 17.9 Å². The first-order valence-electron chi connectivity index (χ1n) is 13.8. The molecule has 3 unspecified atom stereocenters. The highest BCUT2D eigenvalue weighted by molar-refractivity contribution is 5.78. The number of aliphatic carboxylic acids is 1. The fraction of sp³-hybridized carbons (Fsp3) is 0.472. The number of nitrogens with zero attached hydrogens (tertiary/aromatic N) is 2. The van der Waals surface area contributed by atoms with E-state index in [4.69, 9.17) is 15.9 Å². The van der Waals surface area contributed by atoms with Gasteiger partial charge in [-0.15, -0.1) is 6.42 Å².